The highest BCUT2D eigenvalue weighted by Crippen LogP contribution is 2.38. The second kappa shape index (κ2) is 7.41. The van der Waals surface area contributed by atoms with Crippen LogP contribution in [-0.2, 0) is 0 Å². The van der Waals surface area contributed by atoms with Crippen molar-refractivity contribution < 1.29 is 9.90 Å². The molecule has 1 amide bonds. The minimum atomic E-state index is -1.08. The number of amides is 1. The fourth-order valence-electron chi connectivity index (χ4n) is 4.28. The van der Waals surface area contributed by atoms with Gasteiger partial charge in [0.1, 0.15) is 11.5 Å². The topological polar surface area (TPSA) is 78.7 Å². The summed E-state index contributed by atoms with van der Waals surface area (Å²) in [6.45, 7) is 3.89. The molecular weight excluding hydrogens is 412 g/mol. The van der Waals surface area contributed by atoms with Crippen LogP contribution in [0.2, 0.25) is 5.02 Å². The summed E-state index contributed by atoms with van der Waals surface area (Å²) in [5, 5.41) is 17.9. The number of hydrogen-bond donors (Lipinski definition) is 3. The zero-order valence-electron chi connectivity index (χ0n) is 17.1. The molecule has 4 aromatic rings. The number of pyridine rings is 1. The number of aromatic nitrogens is 2. The first kappa shape index (κ1) is 19.6. The summed E-state index contributed by atoms with van der Waals surface area (Å²) in [5.41, 5.74) is 5.40. The maximum atomic E-state index is 12.7. The van der Waals surface area contributed by atoms with Gasteiger partial charge in [0.15, 0.2) is 6.23 Å². The number of carbonyl (C=O) groups is 1. The Bertz CT molecular complexity index is 1330. The molecule has 156 valence electrons. The quantitative estimate of drug-likeness (QED) is 0.414. The molecule has 6 nitrogen and oxygen atoms in total. The van der Waals surface area contributed by atoms with Crippen molar-refractivity contribution in [3.05, 3.63) is 99.6 Å². The molecular formula is C24H21ClN4O2. The van der Waals surface area contributed by atoms with Crippen molar-refractivity contribution in [1.29, 1.82) is 0 Å². The molecule has 0 saturated carbocycles. The molecule has 1 aliphatic rings. The minimum absolute atomic E-state index is 0.128. The molecule has 0 saturated heterocycles. The van der Waals surface area contributed by atoms with E-state index >= 15 is 0 Å². The van der Waals surface area contributed by atoms with Crippen molar-refractivity contribution in [1.82, 2.24) is 14.7 Å². The summed E-state index contributed by atoms with van der Waals surface area (Å²) in [6, 6.07) is 16.7. The number of aryl methyl sites for hydroxylation is 2. The maximum absolute atomic E-state index is 12.7. The number of nitrogens with one attached hydrogen (secondary N) is 2. The molecule has 1 aliphatic heterocycles. The minimum Gasteiger partial charge on any atom is -0.368 e. The zero-order chi connectivity index (χ0) is 21.7. The molecule has 3 N–H and O–H groups in total. The number of aliphatic hydroxyl groups excluding tert-OH is 1. The van der Waals surface area contributed by atoms with Crippen LogP contribution in [0.15, 0.2) is 60.8 Å². The highest BCUT2D eigenvalue weighted by atomic mass is 35.5. The van der Waals surface area contributed by atoms with Crippen molar-refractivity contribution in [2.24, 2.45) is 0 Å². The van der Waals surface area contributed by atoms with E-state index in [1.807, 2.05) is 54.8 Å². The van der Waals surface area contributed by atoms with Crippen LogP contribution in [0.5, 0.6) is 0 Å². The molecule has 0 fully saturated rings. The SMILES string of the molecule is Cc1ccccc1C1NC(=O)c2cccc(NC(O)c3nc(C)n4ccc(Cl)cc34)c21. The molecule has 3 heterocycles. The van der Waals surface area contributed by atoms with Crippen LogP contribution in [0.4, 0.5) is 5.69 Å². The smallest absolute Gasteiger partial charge is 0.252 e. The average molecular weight is 433 g/mol. The molecule has 2 unspecified atom stereocenters. The number of rotatable bonds is 4. The Kier molecular flexibility index (Phi) is 4.68. The molecule has 0 spiro atoms. The molecule has 0 aliphatic carbocycles. The van der Waals surface area contributed by atoms with Crippen molar-refractivity contribution >= 4 is 28.7 Å². The summed E-state index contributed by atoms with van der Waals surface area (Å²) in [6.07, 6.45) is 0.745. The molecule has 0 radical (unpaired) electrons. The largest absolute Gasteiger partial charge is 0.368 e. The number of halogens is 1. The number of fused-ring (bicyclic) bond motifs is 2. The first-order valence-electron chi connectivity index (χ1n) is 10.0. The van der Waals surface area contributed by atoms with E-state index in [1.165, 1.54) is 0 Å². The lowest BCUT2D eigenvalue weighted by molar-refractivity contribution is 0.0960. The Morgan fingerprint density at radius 2 is 1.97 bits per heavy atom. The summed E-state index contributed by atoms with van der Waals surface area (Å²) < 4.78 is 1.88. The van der Waals surface area contributed by atoms with Crippen molar-refractivity contribution in [3.8, 4) is 0 Å². The fraction of sp³-hybridized carbons (Fsp3) is 0.167. The van der Waals surface area contributed by atoms with Crippen LogP contribution in [0.1, 0.15) is 50.8 Å². The van der Waals surface area contributed by atoms with Gasteiger partial charge in [-0.05, 0) is 49.2 Å². The number of hydrogen-bond acceptors (Lipinski definition) is 4. The average Bonchev–Trinajstić information content (AvgIpc) is 3.26. The van der Waals surface area contributed by atoms with Gasteiger partial charge in [0.25, 0.3) is 5.91 Å². The summed E-state index contributed by atoms with van der Waals surface area (Å²) >= 11 is 6.17. The van der Waals surface area contributed by atoms with Crippen LogP contribution in [0, 0.1) is 13.8 Å². The molecule has 5 rings (SSSR count). The van der Waals surface area contributed by atoms with E-state index in [-0.39, 0.29) is 11.9 Å². The normalized spacial score (nSPS) is 16.3. The monoisotopic (exact) mass is 432 g/mol. The van der Waals surface area contributed by atoms with Gasteiger partial charge in [-0.2, -0.15) is 0 Å². The van der Waals surface area contributed by atoms with Crippen LogP contribution >= 0.6 is 11.6 Å². The second-order valence-electron chi connectivity index (χ2n) is 7.72. The first-order chi connectivity index (χ1) is 14.9. The van der Waals surface area contributed by atoms with Gasteiger partial charge in [-0.3, -0.25) is 4.79 Å². The van der Waals surface area contributed by atoms with Crippen molar-refractivity contribution in [2.45, 2.75) is 26.1 Å². The van der Waals surface area contributed by atoms with Gasteiger partial charge >= 0.3 is 0 Å². The van der Waals surface area contributed by atoms with E-state index in [0.29, 0.717) is 22.0 Å². The standard InChI is InChI=1S/C24H21ClN4O2/c1-13-6-3-4-7-16(13)21-20-17(23(30)28-21)8-5-9-18(20)27-24(31)22-19-12-15(25)10-11-29(19)14(2)26-22/h3-12,21,24,27,31H,1-2H3,(H,28,30). The third kappa shape index (κ3) is 3.24. The van der Waals surface area contributed by atoms with Gasteiger partial charge in [0.2, 0.25) is 0 Å². The predicted molar refractivity (Wildman–Crippen MR) is 120 cm³/mol. The number of benzene rings is 2. The van der Waals surface area contributed by atoms with Crippen LogP contribution in [-0.4, -0.2) is 20.4 Å². The van der Waals surface area contributed by atoms with Crippen molar-refractivity contribution in [2.75, 3.05) is 5.32 Å². The van der Waals surface area contributed by atoms with Gasteiger partial charge in [-0.1, -0.05) is 41.9 Å². The van der Waals surface area contributed by atoms with Gasteiger partial charge < -0.3 is 20.1 Å². The maximum Gasteiger partial charge on any atom is 0.252 e. The van der Waals surface area contributed by atoms with E-state index < -0.39 is 6.23 Å². The van der Waals surface area contributed by atoms with Gasteiger partial charge in [0.05, 0.1) is 11.6 Å². The lowest BCUT2D eigenvalue weighted by atomic mass is 9.93. The predicted octanol–water partition coefficient (Wildman–Crippen LogP) is 4.54. The van der Waals surface area contributed by atoms with Crippen molar-refractivity contribution in [3.63, 3.8) is 0 Å². The molecule has 0 bridgehead atoms. The van der Waals surface area contributed by atoms with Crippen LogP contribution in [0.25, 0.3) is 5.52 Å². The van der Waals surface area contributed by atoms with Crippen LogP contribution < -0.4 is 10.6 Å². The third-order valence-corrected chi connectivity index (χ3v) is 6.01. The first-order valence-corrected chi connectivity index (χ1v) is 10.4. The lowest BCUT2D eigenvalue weighted by Crippen LogP contribution is -2.21. The number of nitrogens with zero attached hydrogens (tertiary/aromatic N) is 2. The fourth-order valence-corrected chi connectivity index (χ4v) is 4.44. The molecule has 7 heteroatoms. The van der Waals surface area contributed by atoms with Gasteiger partial charge in [-0.25, -0.2) is 4.98 Å². The summed E-state index contributed by atoms with van der Waals surface area (Å²) in [4.78, 5) is 17.2. The van der Waals surface area contributed by atoms with Crippen LogP contribution in [0.3, 0.4) is 0 Å². The summed E-state index contributed by atoms with van der Waals surface area (Å²) in [5.74, 6) is 0.617. The number of carbonyl (C=O) groups excluding carboxylic acids is 1. The molecule has 2 aromatic carbocycles. The molecule has 2 atom stereocenters. The Balaban J connectivity index is 1.57. The zero-order valence-corrected chi connectivity index (χ0v) is 17.8. The summed E-state index contributed by atoms with van der Waals surface area (Å²) in [7, 11) is 0. The van der Waals surface area contributed by atoms with E-state index in [2.05, 4.69) is 15.6 Å². The number of imidazole rings is 1. The third-order valence-electron chi connectivity index (χ3n) is 5.78. The van der Waals surface area contributed by atoms with E-state index in [0.717, 1.165) is 28.0 Å². The highest BCUT2D eigenvalue weighted by Gasteiger charge is 2.33. The van der Waals surface area contributed by atoms with E-state index in [1.54, 1.807) is 24.3 Å². The number of aliphatic hydroxyl groups is 1. The Morgan fingerprint density at radius 1 is 1.16 bits per heavy atom. The lowest BCUT2D eigenvalue weighted by Gasteiger charge is -2.20. The number of anilines is 1. The van der Waals surface area contributed by atoms with Gasteiger partial charge in [-0.15, -0.1) is 0 Å². The van der Waals surface area contributed by atoms with E-state index in [4.69, 9.17) is 11.6 Å². The van der Waals surface area contributed by atoms with E-state index in [9.17, 15) is 9.90 Å². The Morgan fingerprint density at radius 3 is 2.77 bits per heavy atom. The van der Waals surface area contributed by atoms with Gasteiger partial charge in [0, 0.05) is 28.0 Å². The second-order valence-corrected chi connectivity index (χ2v) is 8.16. The Labute approximate surface area is 184 Å². The Hall–Kier alpha value is -3.35. The highest BCUT2D eigenvalue weighted by molar-refractivity contribution is 6.30. The molecule has 31 heavy (non-hydrogen) atoms. The molecule has 2 aromatic heterocycles.